The molecule has 0 aromatic carbocycles. The molecule has 3 saturated carbocycles. The number of halogens is 4. The Kier molecular flexibility index (Phi) is 29.1. The molecular weight excluding hydrogens is 1270 g/mol. The molecule has 0 aromatic rings. The number of rotatable bonds is 14. The number of amides is 11. The lowest BCUT2D eigenvalue weighted by molar-refractivity contribution is -0.182. The van der Waals surface area contributed by atoms with Gasteiger partial charge in [0.15, 0.2) is 0 Å². The van der Waals surface area contributed by atoms with Crippen LogP contribution in [0.25, 0.3) is 0 Å². The molecule has 13 atom stereocenters. The van der Waals surface area contributed by atoms with Crippen molar-refractivity contribution in [2.45, 2.75) is 268 Å². The molecule has 0 aromatic heterocycles. The molecule has 11 amide bonds. The Bertz CT molecular complexity index is 2730. The fourth-order valence-electron chi connectivity index (χ4n) is 15.3. The molecule has 3 heterocycles. The largest absolute Gasteiger partial charge is 0.393 e. The number of nitrogens with one attached hydrogen (secondary N) is 4. The van der Waals surface area contributed by atoms with Crippen LogP contribution in [0.15, 0.2) is 0 Å². The van der Waals surface area contributed by atoms with E-state index in [9.17, 15) is 37.1 Å². The first-order valence-corrected chi connectivity index (χ1v) is 36.0. The molecule has 6 fully saturated rings. The molecule has 4 N–H and O–H groups in total. The van der Waals surface area contributed by atoms with E-state index in [0.29, 0.717) is 32.1 Å². The Morgan fingerprint density at radius 2 is 1.27 bits per heavy atom. The van der Waals surface area contributed by atoms with Crippen molar-refractivity contribution >= 4 is 76.6 Å². The van der Waals surface area contributed by atoms with Gasteiger partial charge in [-0.25, -0.2) is 0 Å². The summed E-state index contributed by atoms with van der Waals surface area (Å²) in [6.45, 7) is 14.1. The zero-order valence-electron chi connectivity index (χ0n) is 59.4. The van der Waals surface area contributed by atoms with Crippen LogP contribution in [0.5, 0.6) is 0 Å². The van der Waals surface area contributed by atoms with Gasteiger partial charge in [-0.15, -0.1) is 11.6 Å². The van der Waals surface area contributed by atoms with Crippen LogP contribution in [0, 0.1) is 35.5 Å². The molecule has 96 heavy (non-hydrogen) atoms. The highest BCUT2D eigenvalue weighted by atomic mass is 35.5. The Balaban J connectivity index is 1.39. The summed E-state index contributed by atoms with van der Waals surface area (Å²) in [6, 6.07) is -10.0. The smallest absolute Gasteiger partial charge is 0.379 e. The second-order valence-electron chi connectivity index (χ2n) is 29.5. The van der Waals surface area contributed by atoms with E-state index in [1.165, 1.54) is 69.5 Å². The van der Waals surface area contributed by atoms with Crippen molar-refractivity contribution in [1.82, 2.24) is 55.6 Å². The summed E-state index contributed by atoms with van der Waals surface area (Å²) in [5.74, 6) is -9.61. The highest BCUT2D eigenvalue weighted by Gasteiger charge is 2.52. The quantitative estimate of drug-likeness (QED) is 0.113. The van der Waals surface area contributed by atoms with E-state index < -0.39 is 161 Å². The van der Waals surface area contributed by atoms with Crippen molar-refractivity contribution in [1.29, 1.82) is 0 Å². The van der Waals surface area contributed by atoms with Gasteiger partial charge in [0, 0.05) is 72.8 Å². The average molecular weight is 1380 g/mol. The van der Waals surface area contributed by atoms with Crippen LogP contribution >= 0.6 is 11.6 Å². The lowest BCUT2D eigenvalue weighted by atomic mass is 9.78. The third-order valence-corrected chi connectivity index (χ3v) is 21.9. The predicted octanol–water partition coefficient (Wildman–Crippen LogP) is 6.16. The van der Waals surface area contributed by atoms with Gasteiger partial charge < -0.3 is 60.3 Å². The topological polar surface area (TPSA) is 268 Å². The number of alkyl halides is 4. The molecule has 0 radical (unpaired) electrons. The zero-order valence-corrected chi connectivity index (χ0v) is 60.1. The van der Waals surface area contributed by atoms with Crippen LogP contribution in [0.2, 0.25) is 0 Å². The summed E-state index contributed by atoms with van der Waals surface area (Å²) in [5, 5.41) is 10.5. The number of fused-ring (bicyclic) bond motifs is 2. The van der Waals surface area contributed by atoms with Gasteiger partial charge in [0.25, 0.3) is 0 Å². The van der Waals surface area contributed by atoms with Crippen LogP contribution in [0.4, 0.5) is 13.2 Å². The maximum Gasteiger partial charge on any atom is 0.393 e. The lowest BCUT2D eigenvalue weighted by Gasteiger charge is -2.45. The van der Waals surface area contributed by atoms with E-state index in [1.54, 1.807) is 27.7 Å². The molecule has 3 aliphatic heterocycles. The van der Waals surface area contributed by atoms with Crippen molar-refractivity contribution in [3.8, 4) is 0 Å². The van der Waals surface area contributed by atoms with Gasteiger partial charge in [0.2, 0.25) is 65.0 Å². The third kappa shape index (κ3) is 19.8. The molecule has 3 saturated heterocycles. The van der Waals surface area contributed by atoms with Crippen molar-refractivity contribution in [3.63, 3.8) is 0 Å². The van der Waals surface area contributed by atoms with Gasteiger partial charge in [-0.3, -0.25) is 52.7 Å². The summed E-state index contributed by atoms with van der Waals surface area (Å²) < 4.78 is 47.9. The zero-order chi connectivity index (χ0) is 71.3. The number of carbonyl (C=O) groups excluding carboxylic acids is 11. The summed E-state index contributed by atoms with van der Waals surface area (Å²) in [5.41, 5.74) is -1.48. The molecule has 3 aliphatic carbocycles. The maximum absolute atomic E-state index is 15.1. The molecule has 6 rings (SSSR count). The van der Waals surface area contributed by atoms with Gasteiger partial charge >= 0.3 is 6.18 Å². The normalized spacial score (nSPS) is 30.7. The maximum atomic E-state index is 15.1. The number of hydrogen-bond acceptors (Lipinski definition) is 12. The lowest BCUT2D eigenvalue weighted by Crippen LogP contribution is -2.66. The van der Waals surface area contributed by atoms with Gasteiger partial charge in [-0.2, -0.15) is 13.2 Å². The molecule has 23 nitrogen and oxygen atoms in total. The second kappa shape index (κ2) is 35.3. The highest BCUT2D eigenvalue weighted by molar-refractivity contribution is 6.20. The fraction of sp³-hybridized carbons (Fsp3) is 0.841. The van der Waals surface area contributed by atoms with Crippen LogP contribution < -0.4 is 21.3 Å². The number of nitrogens with zero attached hydrogens (tertiary/aromatic N) is 7. The van der Waals surface area contributed by atoms with E-state index in [0.717, 1.165) is 32.1 Å². The van der Waals surface area contributed by atoms with Gasteiger partial charge in [0.1, 0.15) is 53.9 Å². The molecule has 27 heteroatoms. The number of likely N-dealkylation sites (N-methyl/N-ethyl adjacent to an activating group) is 5. The van der Waals surface area contributed by atoms with E-state index in [2.05, 4.69) is 21.3 Å². The van der Waals surface area contributed by atoms with Gasteiger partial charge in [0.05, 0.1) is 19.1 Å². The summed E-state index contributed by atoms with van der Waals surface area (Å²) >= 11 is 6.39. The molecule has 3 unspecified atom stereocenters. The standard InChI is InChI=1S/C69H113ClF3N11O12/c1-14-34-96-40-54-65(93)84-33-29-51(84)64(92)80(11)53(38-45-22-17-16-18-23-45)63(91)78(9)39-55(85)75-49(28-26-46-25-27-47(48(70)37-46)69(71,72)73)62(90)83-32-21-24-50(83)60(88)77-68(30-19-20-31-68)67(95)82(13)58(42(5)6)61(89)74-44(8)36-56(86)79(10)52(35-41(3)4)59(87)76-57(43(7)15-2)66(94)81(54)12/h41-54,57-58H,14-40H2,1-13H3,(H,74,89)(H,75,85)(H,76,87)(H,77,88)/t43-,44+,46?,47?,48?,49-,50-,51-,52-,53-,54-,57-,58-/m0/s1. The minimum Gasteiger partial charge on any atom is -0.379 e. The molecule has 6 aliphatic rings. The average Bonchev–Trinajstić information content (AvgIpc) is 1.55. The molecular formula is C69H113ClF3N11O12. The Hall–Kier alpha value is -5.79. The molecule has 544 valence electrons. The summed E-state index contributed by atoms with van der Waals surface area (Å²) in [6.07, 6.45) is 3.59. The number of carbonyl (C=O) groups is 11. The Morgan fingerprint density at radius 1 is 0.625 bits per heavy atom. The van der Waals surface area contributed by atoms with E-state index >= 15 is 28.8 Å². The first kappa shape index (κ1) is 79.2. The van der Waals surface area contributed by atoms with Crippen molar-refractivity contribution in [2.24, 2.45) is 35.5 Å². The van der Waals surface area contributed by atoms with E-state index in [-0.39, 0.29) is 121 Å². The summed E-state index contributed by atoms with van der Waals surface area (Å²) in [4.78, 5) is 172. The number of ether oxygens (including phenoxy) is 1. The minimum atomic E-state index is -4.50. The van der Waals surface area contributed by atoms with E-state index in [1.807, 2.05) is 27.7 Å². The molecule has 0 bridgehead atoms. The fourth-order valence-corrected chi connectivity index (χ4v) is 15.9. The van der Waals surface area contributed by atoms with Crippen LogP contribution in [-0.2, 0) is 57.5 Å². The van der Waals surface area contributed by atoms with Gasteiger partial charge in [-0.05, 0) is 120 Å². The number of hydrogen-bond donors (Lipinski definition) is 4. The van der Waals surface area contributed by atoms with Gasteiger partial charge in [-0.1, -0.05) is 99.8 Å². The predicted molar refractivity (Wildman–Crippen MR) is 356 cm³/mol. The Labute approximate surface area is 572 Å². The van der Waals surface area contributed by atoms with Crippen LogP contribution in [0.3, 0.4) is 0 Å². The highest BCUT2D eigenvalue weighted by Crippen LogP contribution is 2.44. The Morgan fingerprint density at radius 3 is 1.85 bits per heavy atom. The third-order valence-electron chi connectivity index (χ3n) is 21.5. The first-order valence-electron chi connectivity index (χ1n) is 35.6. The molecule has 1 spiro atoms. The minimum absolute atomic E-state index is 0.0114. The summed E-state index contributed by atoms with van der Waals surface area (Å²) in [7, 11) is 7.34. The monoisotopic (exact) mass is 1380 g/mol. The van der Waals surface area contributed by atoms with Crippen molar-refractivity contribution in [2.75, 3.05) is 68.1 Å². The van der Waals surface area contributed by atoms with Crippen LogP contribution in [-0.4, -0.2) is 239 Å². The first-order chi connectivity index (χ1) is 45.2. The second-order valence-corrected chi connectivity index (χ2v) is 30.1. The van der Waals surface area contributed by atoms with Crippen molar-refractivity contribution in [3.05, 3.63) is 0 Å². The van der Waals surface area contributed by atoms with Crippen molar-refractivity contribution < 1.29 is 70.6 Å². The SMILES string of the molecule is CCCOC[C@H]1C(=O)N2CC[C@H]2C(=O)N(C)[C@@H](CC2CCCCC2)C(=O)N(C)CC(=O)N[C@@H](CCC2CCC(C(F)(F)F)C(Cl)C2)C(=O)N2CCC[C@H]2C(=O)NC2(CCCC2)C(=O)N(C)[C@@H](C(C)C)C(=O)N[C@H](C)CC(=O)N(C)[C@@H](CC(C)C)C(=O)N[C@@H]([C@@H](C)CC)C(=O)N1C. The van der Waals surface area contributed by atoms with Crippen LogP contribution in [0.1, 0.15) is 197 Å². The van der Waals surface area contributed by atoms with E-state index in [4.69, 9.17) is 16.3 Å².